The number of ether oxygens (including phenoxy) is 1. The van der Waals surface area contributed by atoms with E-state index in [1.807, 2.05) is 0 Å². The van der Waals surface area contributed by atoms with Gasteiger partial charge in [0.15, 0.2) is 0 Å². The third kappa shape index (κ3) is 3.33. The minimum Gasteiger partial charge on any atom is -0.488 e. The Morgan fingerprint density at radius 3 is 2.62 bits per heavy atom. The zero-order valence-electron chi connectivity index (χ0n) is 10.7. The van der Waals surface area contributed by atoms with Crippen molar-refractivity contribution in [1.29, 1.82) is 0 Å². The summed E-state index contributed by atoms with van der Waals surface area (Å²) in [5.74, 6) is -1.89. The monoisotopic (exact) mass is 291 g/mol. The van der Waals surface area contributed by atoms with E-state index in [1.165, 1.54) is 24.3 Å². The number of carbonyl (C=O) groups is 1. The fourth-order valence-electron chi connectivity index (χ4n) is 1.70. The number of hydrogen-bond donors (Lipinski definition) is 1. The highest BCUT2D eigenvalue weighted by Gasteiger charge is 2.17. The Bertz CT molecular complexity index is 702. The lowest BCUT2D eigenvalue weighted by Crippen LogP contribution is -2.05. The van der Waals surface area contributed by atoms with Crippen molar-refractivity contribution < 1.29 is 24.0 Å². The molecule has 2 aromatic rings. The van der Waals surface area contributed by atoms with E-state index in [0.717, 1.165) is 12.1 Å². The first-order valence-corrected chi connectivity index (χ1v) is 5.87. The van der Waals surface area contributed by atoms with Crippen molar-refractivity contribution >= 4 is 11.7 Å². The van der Waals surface area contributed by atoms with Crippen molar-refractivity contribution in [1.82, 2.24) is 0 Å². The third-order valence-corrected chi connectivity index (χ3v) is 2.75. The van der Waals surface area contributed by atoms with Crippen LogP contribution < -0.4 is 4.74 Å². The maximum atomic E-state index is 13.4. The summed E-state index contributed by atoms with van der Waals surface area (Å²) in [6.45, 7) is -0.176. The van der Waals surface area contributed by atoms with Crippen molar-refractivity contribution in [3.63, 3.8) is 0 Å². The van der Waals surface area contributed by atoms with Crippen molar-refractivity contribution in [3.8, 4) is 5.75 Å². The minimum absolute atomic E-state index is 0.0589. The van der Waals surface area contributed by atoms with Crippen LogP contribution in [-0.4, -0.2) is 16.0 Å². The maximum absolute atomic E-state index is 13.4. The molecular formula is C14H10FNO5. The van der Waals surface area contributed by atoms with Crippen molar-refractivity contribution in [2.24, 2.45) is 0 Å². The van der Waals surface area contributed by atoms with Crippen LogP contribution in [0.1, 0.15) is 15.9 Å². The number of carboxylic acids is 1. The van der Waals surface area contributed by atoms with Crippen LogP contribution in [-0.2, 0) is 6.61 Å². The van der Waals surface area contributed by atoms with Crippen molar-refractivity contribution in [2.45, 2.75) is 6.61 Å². The van der Waals surface area contributed by atoms with E-state index in [1.54, 1.807) is 6.07 Å². The summed E-state index contributed by atoms with van der Waals surface area (Å²) < 4.78 is 18.7. The molecule has 0 heterocycles. The lowest BCUT2D eigenvalue weighted by atomic mass is 10.1. The molecule has 0 aliphatic rings. The summed E-state index contributed by atoms with van der Waals surface area (Å²) in [6.07, 6.45) is 0. The number of aromatic carboxylic acids is 1. The van der Waals surface area contributed by atoms with E-state index < -0.39 is 16.7 Å². The number of benzene rings is 2. The Hall–Kier alpha value is -2.96. The molecule has 2 aromatic carbocycles. The van der Waals surface area contributed by atoms with Gasteiger partial charge in [0.05, 0.1) is 4.92 Å². The summed E-state index contributed by atoms with van der Waals surface area (Å²) >= 11 is 0. The van der Waals surface area contributed by atoms with E-state index in [2.05, 4.69) is 0 Å². The van der Waals surface area contributed by atoms with Crippen LogP contribution >= 0.6 is 0 Å². The Labute approximate surface area is 118 Å². The fraction of sp³-hybridized carbons (Fsp3) is 0.0714. The van der Waals surface area contributed by atoms with Crippen LogP contribution in [0.4, 0.5) is 10.1 Å². The molecule has 2 rings (SSSR count). The highest BCUT2D eigenvalue weighted by molar-refractivity contribution is 5.91. The van der Waals surface area contributed by atoms with E-state index in [0.29, 0.717) is 0 Å². The molecule has 7 heteroatoms. The van der Waals surface area contributed by atoms with Crippen LogP contribution in [0.2, 0.25) is 0 Å². The minimum atomic E-state index is -1.36. The molecule has 0 fully saturated rings. The largest absolute Gasteiger partial charge is 0.488 e. The van der Waals surface area contributed by atoms with E-state index in [9.17, 15) is 19.3 Å². The molecule has 0 aliphatic carbocycles. The molecule has 0 spiro atoms. The predicted octanol–water partition coefficient (Wildman–Crippen LogP) is 3.01. The average Bonchev–Trinajstić information content (AvgIpc) is 2.46. The highest BCUT2D eigenvalue weighted by Crippen LogP contribution is 2.25. The van der Waals surface area contributed by atoms with Gasteiger partial charge in [0.1, 0.15) is 23.7 Å². The summed E-state index contributed by atoms with van der Waals surface area (Å²) in [5.41, 5.74) is -0.446. The van der Waals surface area contributed by atoms with Crippen LogP contribution in [0.5, 0.6) is 5.75 Å². The lowest BCUT2D eigenvalue weighted by Gasteiger charge is -2.09. The summed E-state index contributed by atoms with van der Waals surface area (Å²) in [6, 6.07) is 9.11. The lowest BCUT2D eigenvalue weighted by molar-refractivity contribution is -0.384. The number of hydrogen-bond acceptors (Lipinski definition) is 4. The third-order valence-electron chi connectivity index (χ3n) is 2.75. The second-order valence-electron chi connectivity index (χ2n) is 4.12. The molecule has 6 nitrogen and oxygen atoms in total. The molecule has 0 radical (unpaired) electrons. The van der Waals surface area contributed by atoms with Gasteiger partial charge in [0, 0.05) is 17.7 Å². The Morgan fingerprint density at radius 1 is 1.29 bits per heavy atom. The second-order valence-corrected chi connectivity index (χ2v) is 4.12. The van der Waals surface area contributed by atoms with Gasteiger partial charge in [-0.1, -0.05) is 18.2 Å². The highest BCUT2D eigenvalue weighted by atomic mass is 19.1. The van der Waals surface area contributed by atoms with Crippen LogP contribution in [0, 0.1) is 15.9 Å². The van der Waals surface area contributed by atoms with Gasteiger partial charge in [-0.15, -0.1) is 0 Å². The molecule has 0 saturated carbocycles. The topological polar surface area (TPSA) is 89.7 Å². The number of rotatable bonds is 5. The number of nitro groups is 1. The molecule has 0 atom stereocenters. The molecule has 0 saturated heterocycles. The van der Waals surface area contributed by atoms with E-state index in [-0.39, 0.29) is 29.2 Å². The molecule has 0 unspecified atom stereocenters. The van der Waals surface area contributed by atoms with Crippen molar-refractivity contribution in [3.05, 3.63) is 69.5 Å². The van der Waals surface area contributed by atoms with Gasteiger partial charge in [-0.25, -0.2) is 9.18 Å². The molecule has 21 heavy (non-hydrogen) atoms. The van der Waals surface area contributed by atoms with Gasteiger partial charge >= 0.3 is 5.97 Å². The number of non-ortho nitro benzene ring substituents is 1. The zero-order valence-corrected chi connectivity index (χ0v) is 10.7. The Kier molecular flexibility index (Phi) is 4.13. The first-order chi connectivity index (χ1) is 9.99. The summed E-state index contributed by atoms with van der Waals surface area (Å²) in [4.78, 5) is 21.0. The molecule has 0 aliphatic heterocycles. The molecule has 0 bridgehead atoms. The van der Waals surface area contributed by atoms with Crippen LogP contribution in [0.15, 0.2) is 42.5 Å². The van der Waals surface area contributed by atoms with Gasteiger partial charge < -0.3 is 9.84 Å². The fourth-order valence-corrected chi connectivity index (χ4v) is 1.70. The van der Waals surface area contributed by atoms with E-state index in [4.69, 9.17) is 9.84 Å². The molecule has 0 amide bonds. The van der Waals surface area contributed by atoms with Crippen LogP contribution in [0.25, 0.3) is 0 Å². The molecule has 1 N–H and O–H groups in total. The Balaban J connectivity index is 2.26. The summed E-state index contributed by atoms with van der Waals surface area (Å²) in [7, 11) is 0. The van der Waals surface area contributed by atoms with Gasteiger partial charge in [0.25, 0.3) is 5.69 Å². The van der Waals surface area contributed by atoms with Gasteiger partial charge in [-0.2, -0.15) is 0 Å². The SMILES string of the molecule is O=C(O)c1cc([N+](=O)[O-])ccc1OCc1ccccc1F. The standard InChI is InChI=1S/C14H10FNO5/c15-12-4-2-1-3-9(12)8-21-13-6-5-10(16(19)20)7-11(13)14(17)18/h1-7H,8H2,(H,17,18). The molecule has 108 valence electrons. The van der Waals surface area contributed by atoms with Crippen LogP contribution in [0.3, 0.4) is 0 Å². The van der Waals surface area contributed by atoms with E-state index >= 15 is 0 Å². The Morgan fingerprint density at radius 2 is 2.00 bits per heavy atom. The van der Waals surface area contributed by atoms with Gasteiger partial charge in [-0.3, -0.25) is 10.1 Å². The molecule has 0 aromatic heterocycles. The maximum Gasteiger partial charge on any atom is 0.339 e. The van der Waals surface area contributed by atoms with Gasteiger partial charge in [0.2, 0.25) is 0 Å². The number of halogens is 1. The van der Waals surface area contributed by atoms with Crippen molar-refractivity contribution in [2.75, 3.05) is 0 Å². The first-order valence-electron chi connectivity index (χ1n) is 5.87. The number of nitro benzene ring substituents is 1. The second kappa shape index (κ2) is 6.00. The molecular weight excluding hydrogens is 281 g/mol. The van der Waals surface area contributed by atoms with Gasteiger partial charge in [-0.05, 0) is 12.1 Å². The smallest absolute Gasteiger partial charge is 0.339 e. The number of carboxylic acid groups (broad SMARTS) is 1. The predicted molar refractivity (Wildman–Crippen MR) is 70.8 cm³/mol. The normalized spacial score (nSPS) is 10.1. The first kappa shape index (κ1) is 14.4. The quantitative estimate of drug-likeness (QED) is 0.675. The average molecular weight is 291 g/mol. The zero-order chi connectivity index (χ0) is 15.4. The summed E-state index contributed by atoms with van der Waals surface area (Å²) in [5, 5.41) is 19.7. The number of nitrogens with zero attached hydrogens (tertiary/aromatic N) is 1.